The number of carboxylic acids is 3. The predicted molar refractivity (Wildman–Crippen MR) is 199 cm³/mol. The van der Waals surface area contributed by atoms with Crippen LogP contribution in [0.15, 0.2) is 0 Å². The van der Waals surface area contributed by atoms with Crippen LogP contribution in [0.2, 0.25) is 0 Å². The quantitative estimate of drug-likeness (QED) is 0.0356. The van der Waals surface area contributed by atoms with E-state index in [-0.39, 0.29) is 37.4 Å². The van der Waals surface area contributed by atoms with Gasteiger partial charge in [-0.2, -0.15) is 0 Å². The Morgan fingerprint density at radius 3 is 1.61 bits per heavy atom. The van der Waals surface area contributed by atoms with Gasteiger partial charge < -0.3 is 20.6 Å². The van der Waals surface area contributed by atoms with Crippen molar-refractivity contribution in [2.75, 3.05) is 11.6 Å². The minimum absolute atomic E-state index is 0.0357. The number of ketones is 1. The van der Waals surface area contributed by atoms with Crippen LogP contribution in [0.4, 0.5) is 0 Å². The molecule has 2 aliphatic rings. The van der Waals surface area contributed by atoms with Crippen molar-refractivity contribution in [1.29, 1.82) is 0 Å². The molecule has 2 heterocycles. The molecule has 2 atom stereocenters. The number of unbranched alkanes of at least 4 members (excludes halogenated alkanes) is 12. The number of carbonyl (C=O) groups is 5. The zero-order valence-electron chi connectivity index (χ0n) is 27.0. The van der Waals surface area contributed by atoms with Crippen molar-refractivity contribution >= 4 is 94.4 Å². The van der Waals surface area contributed by atoms with E-state index in [1.165, 1.54) is 37.2 Å². The summed E-state index contributed by atoms with van der Waals surface area (Å²) in [5.41, 5.74) is 0. The smallest absolute Gasteiger partial charge is 0.306 e. The van der Waals surface area contributed by atoms with Crippen molar-refractivity contribution in [1.82, 2.24) is 5.32 Å². The Kier molecular flexibility index (Phi) is 26.1. The van der Waals surface area contributed by atoms with Gasteiger partial charge in [-0.05, 0) is 53.7 Å². The van der Waals surface area contributed by atoms with Gasteiger partial charge in [0, 0.05) is 32.2 Å². The van der Waals surface area contributed by atoms with E-state index in [1.54, 1.807) is 6.92 Å². The topological polar surface area (TPSA) is 158 Å². The third kappa shape index (κ3) is 24.7. The normalized spacial score (nSPS) is 16.1. The first-order valence-corrected chi connectivity index (χ1v) is 23.3. The molecule has 2 rings (SSSR count). The highest BCUT2D eigenvalue weighted by molar-refractivity contribution is 9.14. The first kappa shape index (κ1) is 43.7. The second-order valence-electron chi connectivity index (χ2n) is 11.7. The van der Waals surface area contributed by atoms with Gasteiger partial charge in [0.25, 0.3) is 0 Å². The maximum Gasteiger partial charge on any atom is 0.306 e. The number of amides is 1. The van der Waals surface area contributed by atoms with E-state index in [0.29, 0.717) is 35.0 Å². The molecule has 1 amide bonds. The largest absolute Gasteiger partial charge is 0.481 e. The molecule has 0 aliphatic carbocycles. The van der Waals surface area contributed by atoms with Gasteiger partial charge in [-0.3, -0.25) is 24.0 Å². The first-order valence-electron chi connectivity index (χ1n) is 16.5. The average molecular weight is 760 g/mol. The fourth-order valence-electron chi connectivity index (χ4n) is 4.69. The van der Waals surface area contributed by atoms with Crippen molar-refractivity contribution in [3.63, 3.8) is 0 Å². The molecular formula is C31H53NO8S6. The van der Waals surface area contributed by atoms with Gasteiger partial charge in [0.1, 0.15) is 5.78 Å². The zero-order valence-corrected chi connectivity index (χ0v) is 31.9. The summed E-state index contributed by atoms with van der Waals surface area (Å²) < 4.78 is 0.521. The molecule has 0 aromatic heterocycles. The minimum atomic E-state index is -1.05. The van der Waals surface area contributed by atoms with Crippen LogP contribution in [0.25, 0.3) is 0 Å². The Labute approximate surface area is 298 Å². The molecule has 15 heteroatoms. The van der Waals surface area contributed by atoms with Gasteiger partial charge in [0.15, 0.2) is 2.74 Å². The molecule has 2 aliphatic heterocycles. The molecule has 2 fully saturated rings. The lowest BCUT2D eigenvalue weighted by molar-refractivity contribution is -0.144. The predicted octanol–water partition coefficient (Wildman–Crippen LogP) is 9.71. The minimum Gasteiger partial charge on any atom is -0.481 e. The number of carbonyl (C=O) groups excluding carboxylic acids is 2. The summed E-state index contributed by atoms with van der Waals surface area (Å²) in [7, 11) is 12.0. The van der Waals surface area contributed by atoms with Crippen LogP contribution in [0, 0.1) is 11.8 Å². The molecule has 0 unspecified atom stereocenters. The van der Waals surface area contributed by atoms with Crippen LogP contribution in [0.1, 0.15) is 135 Å². The summed E-state index contributed by atoms with van der Waals surface area (Å²) in [5, 5.41) is 30.9. The highest BCUT2D eigenvalue weighted by Crippen LogP contribution is 2.83. The number of carboxylic acid groups (broad SMARTS) is 3. The zero-order chi connectivity index (χ0) is 34.0. The first-order chi connectivity index (χ1) is 22.0. The Morgan fingerprint density at radius 2 is 1.15 bits per heavy atom. The Hall–Kier alpha value is -0.350. The van der Waals surface area contributed by atoms with Crippen molar-refractivity contribution in [2.24, 2.45) is 11.8 Å². The number of nitrogens with one attached hydrogen (secondary N) is 1. The van der Waals surface area contributed by atoms with Crippen LogP contribution in [0.3, 0.4) is 0 Å². The summed E-state index contributed by atoms with van der Waals surface area (Å²) in [4.78, 5) is 57.0. The Balaban J connectivity index is 0.00000112. The fourth-order valence-corrected chi connectivity index (χ4v) is 17.7. The third-order valence-electron chi connectivity index (χ3n) is 7.58. The van der Waals surface area contributed by atoms with Crippen molar-refractivity contribution in [3.05, 3.63) is 0 Å². The van der Waals surface area contributed by atoms with Gasteiger partial charge in [-0.15, -0.1) is 0 Å². The molecule has 46 heavy (non-hydrogen) atoms. The SMILES string of the molecule is C1SSC2(SS1)SS2.C[C@@H](CCCCNC(=O)CC[C@H](CC(=O)CCCCCCCCCCCCCCC(=O)O)C(=O)O)C(=O)O. The molecule has 2 saturated heterocycles. The molecule has 0 saturated carbocycles. The van der Waals surface area contributed by atoms with E-state index in [0.717, 1.165) is 44.9 Å². The van der Waals surface area contributed by atoms with Gasteiger partial charge in [-0.25, -0.2) is 0 Å². The Morgan fingerprint density at radius 1 is 0.630 bits per heavy atom. The van der Waals surface area contributed by atoms with E-state index in [9.17, 15) is 29.1 Å². The van der Waals surface area contributed by atoms with E-state index in [1.807, 2.05) is 64.8 Å². The maximum absolute atomic E-state index is 12.2. The van der Waals surface area contributed by atoms with E-state index < -0.39 is 29.7 Å². The second kappa shape index (κ2) is 27.5. The second-order valence-corrected chi connectivity index (χ2v) is 21.2. The number of aliphatic carboxylic acids is 3. The molecule has 9 nitrogen and oxygen atoms in total. The van der Waals surface area contributed by atoms with Gasteiger partial charge in [0.2, 0.25) is 5.91 Å². The molecular weight excluding hydrogens is 707 g/mol. The summed E-state index contributed by atoms with van der Waals surface area (Å²) >= 11 is 0. The fraction of sp³-hybridized carbons (Fsp3) is 0.839. The molecule has 1 spiro atoms. The highest BCUT2D eigenvalue weighted by atomic mass is 33.2. The number of rotatable bonds is 27. The molecule has 266 valence electrons. The van der Waals surface area contributed by atoms with E-state index in [2.05, 4.69) is 5.32 Å². The van der Waals surface area contributed by atoms with E-state index >= 15 is 0 Å². The number of hydrogen-bond acceptors (Lipinski definition) is 11. The van der Waals surface area contributed by atoms with Crippen LogP contribution >= 0.6 is 64.8 Å². The molecule has 0 bridgehead atoms. The monoisotopic (exact) mass is 759 g/mol. The van der Waals surface area contributed by atoms with Gasteiger partial charge in [-0.1, -0.05) is 121 Å². The molecule has 4 N–H and O–H groups in total. The van der Waals surface area contributed by atoms with Crippen molar-refractivity contribution in [2.45, 2.75) is 138 Å². The summed E-state index contributed by atoms with van der Waals surface area (Å²) in [5.74, 6) is -4.15. The van der Waals surface area contributed by atoms with E-state index in [4.69, 9.17) is 10.2 Å². The lowest BCUT2D eigenvalue weighted by Gasteiger charge is -2.13. The lowest BCUT2D eigenvalue weighted by atomic mass is 9.94. The highest BCUT2D eigenvalue weighted by Gasteiger charge is 2.50. The number of hydrogen-bond donors (Lipinski definition) is 4. The summed E-state index contributed by atoms with van der Waals surface area (Å²) in [6.45, 7) is 2.08. The Bertz CT molecular complexity index is 900. The molecule has 0 aromatic rings. The molecule has 0 radical (unpaired) electrons. The standard InChI is InChI=1S/C29H51NO8.C2H2S6/c1-23(28(35)36)16-14-15-21-30-26(32)20-19-24(29(37)38)22-25(31)17-12-10-8-6-4-2-3-5-7-9-11-13-18-27(33)34;1-3-5-2(6-4-1)7-8-2/h23-24H,2-22H2,1H3,(H,30,32)(H,33,34)(H,35,36)(H,37,38);1H2/t23-,24+;/m0./s1. The lowest BCUT2D eigenvalue weighted by Crippen LogP contribution is -2.26. The van der Waals surface area contributed by atoms with Crippen LogP contribution in [0.5, 0.6) is 0 Å². The van der Waals surface area contributed by atoms with Crippen LogP contribution < -0.4 is 5.32 Å². The molecule has 0 aromatic carbocycles. The van der Waals surface area contributed by atoms with Crippen LogP contribution in [-0.2, 0) is 24.0 Å². The van der Waals surface area contributed by atoms with Crippen molar-refractivity contribution < 1.29 is 39.3 Å². The van der Waals surface area contributed by atoms with Crippen LogP contribution in [-0.4, -0.2) is 59.3 Å². The summed E-state index contributed by atoms with van der Waals surface area (Å²) in [6, 6.07) is 0. The number of Topliss-reactive ketones (excluding diaryl/α,β-unsaturated/α-hetero) is 1. The average Bonchev–Trinajstić information content (AvgIpc) is 3.77. The summed E-state index contributed by atoms with van der Waals surface area (Å²) in [6.07, 6.45) is 15.5. The van der Waals surface area contributed by atoms with Crippen molar-refractivity contribution in [3.8, 4) is 0 Å². The van der Waals surface area contributed by atoms with Gasteiger partial charge in [0.05, 0.1) is 16.9 Å². The van der Waals surface area contributed by atoms with Gasteiger partial charge >= 0.3 is 17.9 Å². The maximum atomic E-state index is 12.2. The third-order valence-corrected chi connectivity index (χ3v) is 20.5.